The van der Waals surface area contributed by atoms with Gasteiger partial charge in [-0.25, -0.2) is 0 Å². The van der Waals surface area contributed by atoms with Gasteiger partial charge in [0.05, 0.1) is 0 Å². The lowest BCUT2D eigenvalue weighted by Gasteiger charge is -2.18. The van der Waals surface area contributed by atoms with E-state index in [-0.39, 0.29) is 0 Å². The molecule has 0 saturated carbocycles. The second-order valence-electron chi connectivity index (χ2n) is 2.01. The molecule has 2 aliphatic rings. The fraction of sp³-hybridized carbons (Fsp3) is 0.286. The largest absolute Gasteiger partial charge is 0.0800 e. The number of fused-ring (bicyclic) bond motifs is 1. The van der Waals surface area contributed by atoms with Gasteiger partial charge in [0, 0.05) is 11.8 Å². The third-order valence-electron chi connectivity index (χ3n) is 1.56. The quantitative estimate of drug-likeness (QED) is 0.311. The lowest BCUT2D eigenvalue weighted by molar-refractivity contribution is 0.600. The first-order chi connectivity index (χ1) is 3.47. The van der Waals surface area contributed by atoms with Crippen LogP contribution in [-0.2, 0) is 0 Å². The molecule has 0 aromatic carbocycles. The van der Waals surface area contributed by atoms with Gasteiger partial charge in [0.15, 0.2) is 0 Å². The van der Waals surface area contributed by atoms with E-state index in [1.807, 2.05) is 6.08 Å². The van der Waals surface area contributed by atoms with Crippen molar-refractivity contribution >= 4 is 0 Å². The van der Waals surface area contributed by atoms with Crippen LogP contribution in [0, 0.1) is 24.3 Å². The minimum Gasteiger partial charge on any atom is -0.0800 e. The molecule has 0 heteroatoms. The number of allylic oxidation sites excluding steroid dienone is 4. The van der Waals surface area contributed by atoms with Crippen molar-refractivity contribution in [3.8, 4) is 0 Å². The van der Waals surface area contributed by atoms with Gasteiger partial charge in [-0.1, -0.05) is 24.6 Å². The maximum atomic E-state index is 3.19. The Morgan fingerprint density at radius 3 is 2.71 bits per heavy atom. The van der Waals surface area contributed by atoms with Crippen LogP contribution < -0.4 is 0 Å². The second kappa shape index (κ2) is 0.945. The highest BCUT2D eigenvalue weighted by molar-refractivity contribution is 5.26. The minimum absolute atomic E-state index is 0.653. The zero-order valence-electron chi connectivity index (χ0n) is 3.96. The smallest absolute Gasteiger partial charge is 0.0119 e. The van der Waals surface area contributed by atoms with E-state index in [4.69, 9.17) is 0 Å². The summed E-state index contributed by atoms with van der Waals surface area (Å²) in [7, 11) is 0. The lowest BCUT2D eigenvalue weighted by Crippen LogP contribution is -2.11. The van der Waals surface area contributed by atoms with Gasteiger partial charge in [-0.3, -0.25) is 0 Å². The van der Waals surface area contributed by atoms with Crippen LogP contribution in [0.1, 0.15) is 0 Å². The van der Waals surface area contributed by atoms with Crippen molar-refractivity contribution in [2.75, 3.05) is 0 Å². The first-order valence-corrected chi connectivity index (χ1v) is 2.58. The molecule has 0 N–H and O–H groups in total. The van der Waals surface area contributed by atoms with E-state index in [0.717, 1.165) is 5.92 Å². The molecule has 0 nitrogen and oxygen atoms in total. The van der Waals surface area contributed by atoms with Crippen LogP contribution in [0.5, 0.6) is 0 Å². The topological polar surface area (TPSA) is 0 Å². The van der Waals surface area contributed by atoms with Crippen LogP contribution in [0.15, 0.2) is 18.2 Å². The van der Waals surface area contributed by atoms with Gasteiger partial charge in [-0.15, -0.1) is 0 Å². The third-order valence-corrected chi connectivity index (χ3v) is 1.56. The molecule has 0 spiro atoms. The molecule has 0 aliphatic heterocycles. The molecule has 2 rings (SSSR count). The van der Waals surface area contributed by atoms with Crippen molar-refractivity contribution in [3.05, 3.63) is 30.7 Å². The number of rotatable bonds is 0. The number of hydrogen-bond donors (Lipinski definition) is 0. The SMILES string of the molecule is [C-]1=C[CH+]C2C=CC12. The molecule has 0 fully saturated rings. The highest BCUT2D eigenvalue weighted by Crippen LogP contribution is 2.33. The van der Waals surface area contributed by atoms with Crippen LogP contribution in [0.25, 0.3) is 0 Å². The highest BCUT2D eigenvalue weighted by Gasteiger charge is 2.24. The highest BCUT2D eigenvalue weighted by atomic mass is 14.3. The Bertz CT molecular complexity index is 131. The molecular weight excluding hydrogens is 84.1 g/mol. The number of hydrogen-bond acceptors (Lipinski definition) is 0. The van der Waals surface area contributed by atoms with Crippen molar-refractivity contribution < 1.29 is 0 Å². The fourth-order valence-electron chi connectivity index (χ4n) is 0.979. The van der Waals surface area contributed by atoms with Gasteiger partial charge in [-0.2, -0.15) is 0 Å². The molecule has 7 heavy (non-hydrogen) atoms. The summed E-state index contributed by atoms with van der Waals surface area (Å²) in [6, 6.07) is 0. The van der Waals surface area contributed by atoms with Gasteiger partial charge < -0.3 is 0 Å². The standard InChI is InChI=1S/C7H6/c1-2-6-4-5-7(6)3-1/h1-2,4-7H. The molecule has 0 saturated heterocycles. The summed E-state index contributed by atoms with van der Waals surface area (Å²) < 4.78 is 0. The Hall–Kier alpha value is -0.650. The zero-order valence-corrected chi connectivity index (χ0v) is 3.96. The maximum absolute atomic E-state index is 3.19. The molecule has 2 unspecified atom stereocenters. The Labute approximate surface area is 43.5 Å². The summed E-state index contributed by atoms with van der Waals surface area (Å²) in [6.07, 6.45) is 11.8. The second-order valence-corrected chi connectivity index (χ2v) is 2.01. The van der Waals surface area contributed by atoms with E-state index >= 15 is 0 Å². The van der Waals surface area contributed by atoms with Crippen molar-refractivity contribution in [2.24, 2.45) is 11.8 Å². The van der Waals surface area contributed by atoms with E-state index in [1.165, 1.54) is 0 Å². The summed E-state index contributed by atoms with van der Waals surface area (Å²) in [4.78, 5) is 0. The predicted octanol–water partition coefficient (Wildman–Crippen LogP) is 1.37. The van der Waals surface area contributed by atoms with E-state index < -0.39 is 0 Å². The molecule has 2 aliphatic carbocycles. The third kappa shape index (κ3) is 0.292. The Morgan fingerprint density at radius 2 is 2.43 bits per heavy atom. The van der Waals surface area contributed by atoms with Crippen LogP contribution in [-0.4, -0.2) is 0 Å². The Kier molecular flexibility index (Phi) is 0.454. The van der Waals surface area contributed by atoms with Crippen LogP contribution in [0.3, 0.4) is 0 Å². The fourth-order valence-corrected chi connectivity index (χ4v) is 0.979. The predicted molar refractivity (Wildman–Crippen MR) is 28.2 cm³/mol. The molecule has 0 aromatic heterocycles. The van der Waals surface area contributed by atoms with Gasteiger partial charge in [0.1, 0.15) is 0 Å². The monoisotopic (exact) mass is 90.0 g/mol. The van der Waals surface area contributed by atoms with Gasteiger partial charge in [0.2, 0.25) is 0 Å². The van der Waals surface area contributed by atoms with E-state index in [0.29, 0.717) is 5.92 Å². The van der Waals surface area contributed by atoms with E-state index in [1.54, 1.807) is 0 Å². The van der Waals surface area contributed by atoms with Crippen LogP contribution in [0.4, 0.5) is 0 Å². The molecule has 0 heterocycles. The molecule has 0 bridgehead atoms. The van der Waals surface area contributed by atoms with Crippen molar-refractivity contribution in [1.29, 1.82) is 0 Å². The molecule has 0 aromatic rings. The first-order valence-electron chi connectivity index (χ1n) is 2.58. The molecule has 34 valence electrons. The maximum Gasteiger partial charge on any atom is 0.0119 e. The van der Waals surface area contributed by atoms with Crippen LogP contribution in [0.2, 0.25) is 0 Å². The Balaban J connectivity index is 2.29. The van der Waals surface area contributed by atoms with Crippen molar-refractivity contribution in [1.82, 2.24) is 0 Å². The molecule has 2 atom stereocenters. The summed E-state index contributed by atoms with van der Waals surface area (Å²) in [6.45, 7) is 0. The summed E-state index contributed by atoms with van der Waals surface area (Å²) in [5.74, 6) is 1.37. The van der Waals surface area contributed by atoms with E-state index in [2.05, 4.69) is 24.6 Å². The molecule has 0 radical (unpaired) electrons. The van der Waals surface area contributed by atoms with Crippen LogP contribution >= 0.6 is 0 Å². The Morgan fingerprint density at radius 1 is 1.43 bits per heavy atom. The first kappa shape index (κ1) is 3.36. The average molecular weight is 90.1 g/mol. The summed E-state index contributed by atoms with van der Waals surface area (Å²) >= 11 is 0. The van der Waals surface area contributed by atoms with Gasteiger partial charge in [-0.05, 0) is 6.08 Å². The van der Waals surface area contributed by atoms with Crippen molar-refractivity contribution in [2.45, 2.75) is 0 Å². The summed E-state index contributed by atoms with van der Waals surface area (Å²) in [5.41, 5.74) is 0. The molecule has 0 amide bonds. The summed E-state index contributed by atoms with van der Waals surface area (Å²) in [5, 5.41) is 0. The van der Waals surface area contributed by atoms with Crippen molar-refractivity contribution in [3.63, 3.8) is 0 Å². The normalized spacial score (nSPS) is 42.3. The zero-order chi connectivity index (χ0) is 4.69. The lowest BCUT2D eigenvalue weighted by atomic mass is 9.85. The average Bonchev–Trinajstić information content (AvgIpc) is 1.85. The molecular formula is C7H6. The van der Waals surface area contributed by atoms with Gasteiger partial charge in [0.25, 0.3) is 0 Å². The van der Waals surface area contributed by atoms with E-state index in [9.17, 15) is 0 Å². The minimum atomic E-state index is 0.653. The van der Waals surface area contributed by atoms with Gasteiger partial charge >= 0.3 is 0 Å².